The highest BCUT2D eigenvalue weighted by molar-refractivity contribution is 5.94. The fourth-order valence-electron chi connectivity index (χ4n) is 3.15. The van der Waals surface area contributed by atoms with Crippen molar-refractivity contribution in [2.24, 2.45) is 0 Å². The van der Waals surface area contributed by atoms with Gasteiger partial charge in [-0.3, -0.25) is 4.79 Å². The normalized spacial score (nSPS) is 19.8. The fraction of sp³-hybridized carbons (Fsp3) is 0.368. The number of methoxy groups -OCH3 is 1. The lowest BCUT2D eigenvalue weighted by atomic mass is 10.0. The Bertz CT molecular complexity index is 746. The summed E-state index contributed by atoms with van der Waals surface area (Å²) in [5.74, 6) is 1.41. The molecule has 1 aromatic heterocycles. The number of nitrogens with zero attached hydrogens (tertiary/aromatic N) is 3. The van der Waals surface area contributed by atoms with E-state index in [9.17, 15) is 9.90 Å². The van der Waals surface area contributed by atoms with Crippen LogP contribution in [0.15, 0.2) is 42.6 Å². The highest BCUT2D eigenvalue weighted by atomic mass is 16.5. The summed E-state index contributed by atoms with van der Waals surface area (Å²) in [4.78, 5) is 20.8. The van der Waals surface area contributed by atoms with Crippen molar-refractivity contribution < 1.29 is 14.6 Å². The lowest BCUT2D eigenvalue weighted by Crippen LogP contribution is -2.32. The van der Waals surface area contributed by atoms with E-state index in [0.717, 1.165) is 17.1 Å². The summed E-state index contributed by atoms with van der Waals surface area (Å²) in [6.45, 7) is 0.316. The lowest BCUT2D eigenvalue weighted by Gasteiger charge is -2.25. The molecule has 2 heterocycles. The van der Waals surface area contributed by atoms with Gasteiger partial charge in [0.25, 0.3) is 5.91 Å². The molecule has 6 nitrogen and oxygen atoms in total. The number of aliphatic hydroxyl groups excluding tert-OH is 1. The van der Waals surface area contributed by atoms with Crippen LogP contribution in [0.3, 0.4) is 0 Å². The van der Waals surface area contributed by atoms with Gasteiger partial charge in [-0.05, 0) is 36.2 Å². The van der Waals surface area contributed by atoms with Gasteiger partial charge in [0.1, 0.15) is 11.6 Å². The maximum atomic E-state index is 12.9. The second-order valence-corrected chi connectivity index (χ2v) is 6.44. The zero-order valence-corrected chi connectivity index (χ0v) is 14.7. The van der Waals surface area contributed by atoms with Crippen LogP contribution in [0.2, 0.25) is 0 Å². The average Bonchev–Trinajstić information content (AvgIpc) is 3.03. The van der Waals surface area contributed by atoms with Crippen molar-refractivity contribution in [3.05, 3.63) is 53.7 Å². The Kier molecular flexibility index (Phi) is 4.90. The first-order chi connectivity index (χ1) is 12.0. The number of rotatable bonds is 4. The number of β-amino-alcohol motifs (C(OH)–C–C–N with tert-alkyl or cyclic N) is 1. The molecule has 132 valence electrons. The Morgan fingerprint density at radius 3 is 2.76 bits per heavy atom. The number of amides is 1. The molecular weight excluding hydrogens is 318 g/mol. The third-order valence-electron chi connectivity index (χ3n) is 4.47. The van der Waals surface area contributed by atoms with Crippen LogP contribution >= 0.6 is 0 Å². The quantitative estimate of drug-likeness (QED) is 0.923. The molecule has 0 radical (unpaired) electrons. The molecule has 0 aliphatic carbocycles. The van der Waals surface area contributed by atoms with Crippen LogP contribution in [0.4, 0.5) is 5.82 Å². The van der Waals surface area contributed by atoms with Gasteiger partial charge in [0, 0.05) is 26.8 Å². The number of pyridine rings is 1. The van der Waals surface area contributed by atoms with E-state index in [1.807, 2.05) is 49.3 Å². The van der Waals surface area contributed by atoms with E-state index in [0.29, 0.717) is 18.5 Å². The number of carbonyl (C=O) groups is 1. The molecule has 2 atom stereocenters. The number of benzene rings is 1. The number of aliphatic hydroxyl groups is 1. The fourth-order valence-corrected chi connectivity index (χ4v) is 3.15. The van der Waals surface area contributed by atoms with Crippen molar-refractivity contribution >= 4 is 11.7 Å². The summed E-state index contributed by atoms with van der Waals surface area (Å²) < 4.78 is 5.28. The molecular formula is C19H23N3O3. The van der Waals surface area contributed by atoms with E-state index in [1.165, 1.54) is 0 Å². The molecule has 1 fully saturated rings. The zero-order chi connectivity index (χ0) is 18.0. The molecule has 0 unspecified atom stereocenters. The van der Waals surface area contributed by atoms with E-state index < -0.39 is 6.10 Å². The summed E-state index contributed by atoms with van der Waals surface area (Å²) in [7, 11) is 5.42. The van der Waals surface area contributed by atoms with Gasteiger partial charge >= 0.3 is 0 Å². The number of ether oxygens (including phenoxy) is 1. The Hall–Kier alpha value is -2.60. The highest BCUT2D eigenvalue weighted by Gasteiger charge is 2.36. The van der Waals surface area contributed by atoms with Crippen LogP contribution < -0.4 is 9.64 Å². The zero-order valence-electron chi connectivity index (χ0n) is 14.7. The van der Waals surface area contributed by atoms with Gasteiger partial charge in [-0.25, -0.2) is 4.98 Å². The molecule has 3 rings (SSSR count). The number of carbonyl (C=O) groups excluding carboxylic acids is 1. The van der Waals surface area contributed by atoms with Crippen LogP contribution in [0.1, 0.15) is 28.4 Å². The van der Waals surface area contributed by atoms with E-state index in [1.54, 1.807) is 24.3 Å². The average molecular weight is 341 g/mol. The van der Waals surface area contributed by atoms with Crippen LogP contribution in [0, 0.1) is 0 Å². The van der Waals surface area contributed by atoms with Crippen molar-refractivity contribution in [3.63, 3.8) is 0 Å². The molecule has 1 aliphatic heterocycles. The number of anilines is 1. The van der Waals surface area contributed by atoms with Gasteiger partial charge in [0.15, 0.2) is 0 Å². The van der Waals surface area contributed by atoms with E-state index in [2.05, 4.69) is 4.98 Å². The van der Waals surface area contributed by atoms with Crippen LogP contribution in [0.25, 0.3) is 0 Å². The second-order valence-electron chi connectivity index (χ2n) is 6.44. The molecule has 6 heteroatoms. The van der Waals surface area contributed by atoms with Gasteiger partial charge in [-0.2, -0.15) is 0 Å². The van der Waals surface area contributed by atoms with Gasteiger partial charge in [-0.15, -0.1) is 0 Å². The standard InChI is InChI=1S/C19H23N3O3/c1-21(2)18-8-7-14(11-20-18)19(24)22-12-15(23)10-17(22)13-5-4-6-16(9-13)25-3/h4-9,11,15,17,23H,10,12H2,1-3H3/t15-,17+/m0/s1. The third kappa shape index (κ3) is 3.58. The molecule has 1 amide bonds. The smallest absolute Gasteiger partial charge is 0.256 e. The second kappa shape index (κ2) is 7.11. The Morgan fingerprint density at radius 1 is 1.32 bits per heavy atom. The van der Waals surface area contributed by atoms with E-state index >= 15 is 0 Å². The van der Waals surface area contributed by atoms with Crippen LogP contribution in [0.5, 0.6) is 5.75 Å². The molecule has 1 aliphatic rings. The van der Waals surface area contributed by atoms with Crippen molar-refractivity contribution in [2.45, 2.75) is 18.6 Å². The summed E-state index contributed by atoms with van der Waals surface area (Å²) in [5.41, 5.74) is 1.48. The summed E-state index contributed by atoms with van der Waals surface area (Å²) in [5, 5.41) is 10.1. The number of likely N-dealkylation sites (tertiary alicyclic amines) is 1. The first-order valence-electron chi connectivity index (χ1n) is 8.26. The number of aromatic nitrogens is 1. The van der Waals surface area contributed by atoms with Crippen LogP contribution in [-0.2, 0) is 0 Å². The highest BCUT2D eigenvalue weighted by Crippen LogP contribution is 2.34. The minimum absolute atomic E-state index is 0.123. The molecule has 1 N–H and O–H groups in total. The molecule has 1 aromatic carbocycles. The SMILES string of the molecule is COc1cccc([C@H]2C[C@H](O)CN2C(=O)c2ccc(N(C)C)nc2)c1. The van der Waals surface area contributed by atoms with Gasteiger partial charge in [0.2, 0.25) is 0 Å². The molecule has 0 spiro atoms. The Labute approximate surface area is 147 Å². The maximum Gasteiger partial charge on any atom is 0.256 e. The molecule has 0 bridgehead atoms. The van der Waals surface area contributed by atoms with Gasteiger partial charge in [0.05, 0.1) is 24.8 Å². The summed E-state index contributed by atoms with van der Waals surface area (Å²) in [6.07, 6.45) is 1.57. The molecule has 25 heavy (non-hydrogen) atoms. The number of hydrogen-bond donors (Lipinski definition) is 1. The lowest BCUT2D eigenvalue weighted by molar-refractivity contribution is 0.0715. The molecule has 1 saturated heterocycles. The number of hydrogen-bond acceptors (Lipinski definition) is 5. The van der Waals surface area contributed by atoms with Crippen LogP contribution in [-0.4, -0.2) is 54.8 Å². The van der Waals surface area contributed by atoms with Crippen molar-refractivity contribution in [1.82, 2.24) is 9.88 Å². The maximum absolute atomic E-state index is 12.9. The third-order valence-corrected chi connectivity index (χ3v) is 4.47. The summed E-state index contributed by atoms with van der Waals surface area (Å²) in [6, 6.07) is 11.1. The topological polar surface area (TPSA) is 65.9 Å². The predicted molar refractivity (Wildman–Crippen MR) is 96.0 cm³/mol. The largest absolute Gasteiger partial charge is 0.497 e. The first-order valence-corrected chi connectivity index (χ1v) is 8.26. The molecule has 2 aromatic rings. The molecule has 0 saturated carbocycles. The van der Waals surface area contributed by atoms with E-state index in [-0.39, 0.29) is 11.9 Å². The minimum atomic E-state index is -0.533. The Balaban J connectivity index is 1.86. The Morgan fingerprint density at radius 2 is 2.12 bits per heavy atom. The van der Waals surface area contributed by atoms with Gasteiger partial charge in [-0.1, -0.05) is 12.1 Å². The summed E-state index contributed by atoms with van der Waals surface area (Å²) >= 11 is 0. The van der Waals surface area contributed by atoms with Crippen molar-refractivity contribution in [2.75, 3.05) is 32.6 Å². The monoisotopic (exact) mass is 341 g/mol. The minimum Gasteiger partial charge on any atom is -0.497 e. The van der Waals surface area contributed by atoms with Gasteiger partial charge < -0.3 is 19.6 Å². The predicted octanol–water partition coefficient (Wildman–Crippen LogP) is 2.10. The van der Waals surface area contributed by atoms with E-state index in [4.69, 9.17) is 4.74 Å². The van der Waals surface area contributed by atoms with Crippen molar-refractivity contribution in [3.8, 4) is 5.75 Å². The van der Waals surface area contributed by atoms with Crippen molar-refractivity contribution in [1.29, 1.82) is 0 Å². The first kappa shape index (κ1) is 17.2.